The quantitative estimate of drug-likeness (QED) is 0.641. The van der Waals surface area contributed by atoms with E-state index in [-0.39, 0.29) is 42.4 Å². The van der Waals surface area contributed by atoms with Gasteiger partial charge in [-0.15, -0.1) is 0 Å². The predicted molar refractivity (Wildman–Crippen MR) is 101 cm³/mol. The molecule has 0 spiro atoms. The lowest BCUT2D eigenvalue weighted by Crippen LogP contribution is -2.32. The molecular formula is C19H37O6P. The summed E-state index contributed by atoms with van der Waals surface area (Å²) in [5.41, 5.74) is 0.0518. The summed E-state index contributed by atoms with van der Waals surface area (Å²) in [7, 11) is -4.16. The molecule has 0 amide bonds. The summed E-state index contributed by atoms with van der Waals surface area (Å²) in [6.45, 7) is 14.7. The van der Waals surface area contributed by atoms with E-state index in [2.05, 4.69) is 34.6 Å². The van der Waals surface area contributed by atoms with E-state index in [1.165, 1.54) is 0 Å². The molecule has 2 aliphatic heterocycles. The molecule has 6 nitrogen and oxygen atoms in total. The first-order chi connectivity index (χ1) is 11.9. The number of phosphoric acid groups is 1. The number of phosphoric ester groups is 1. The Bertz CT molecular complexity index is 503. The van der Waals surface area contributed by atoms with E-state index in [1.807, 2.05) is 13.8 Å². The summed E-state index contributed by atoms with van der Waals surface area (Å²) in [5.74, 6) is 0.706. The van der Waals surface area contributed by atoms with Crippen molar-refractivity contribution >= 4 is 7.82 Å². The van der Waals surface area contributed by atoms with E-state index in [0.29, 0.717) is 12.3 Å². The first kappa shape index (κ1) is 22.3. The Labute approximate surface area is 158 Å². The Balaban J connectivity index is 1.92. The lowest BCUT2D eigenvalue weighted by molar-refractivity contribution is -0.0247. The van der Waals surface area contributed by atoms with Gasteiger partial charge in [-0.3, -0.25) is 9.05 Å². The highest BCUT2D eigenvalue weighted by atomic mass is 31.2. The van der Waals surface area contributed by atoms with Crippen molar-refractivity contribution in [1.29, 1.82) is 0 Å². The van der Waals surface area contributed by atoms with Crippen LogP contribution in [0.2, 0.25) is 0 Å². The fourth-order valence-electron chi connectivity index (χ4n) is 4.10. The molecule has 2 heterocycles. The molecule has 0 aromatic heterocycles. The lowest BCUT2D eigenvalue weighted by atomic mass is 9.76. The Kier molecular flexibility index (Phi) is 7.37. The van der Waals surface area contributed by atoms with E-state index < -0.39 is 13.9 Å². The van der Waals surface area contributed by atoms with Crippen LogP contribution in [0.5, 0.6) is 0 Å². The third-order valence-electron chi connectivity index (χ3n) is 5.31. The molecule has 0 aromatic carbocycles. The highest BCUT2D eigenvalue weighted by Gasteiger charge is 2.43. The van der Waals surface area contributed by atoms with Crippen molar-refractivity contribution in [2.45, 2.75) is 98.2 Å². The maximum absolute atomic E-state index is 12.5. The minimum atomic E-state index is -4.16. The van der Waals surface area contributed by atoms with Crippen molar-refractivity contribution in [3.63, 3.8) is 0 Å². The fraction of sp³-hybridized carbons (Fsp3) is 1.00. The van der Waals surface area contributed by atoms with Crippen LogP contribution in [0.4, 0.5) is 0 Å². The van der Waals surface area contributed by atoms with Crippen LogP contribution in [0.1, 0.15) is 67.7 Å². The number of rotatable bonds is 7. The lowest BCUT2D eigenvalue weighted by Gasteiger charge is -2.31. The van der Waals surface area contributed by atoms with Crippen molar-refractivity contribution in [2.75, 3.05) is 6.61 Å². The number of hydrogen-bond acceptors (Lipinski definition) is 5. The summed E-state index contributed by atoms with van der Waals surface area (Å²) in [6.07, 6.45) is 1.71. The Morgan fingerprint density at radius 1 is 1.12 bits per heavy atom. The van der Waals surface area contributed by atoms with Gasteiger partial charge in [-0.05, 0) is 43.9 Å². The molecule has 26 heavy (non-hydrogen) atoms. The zero-order valence-electron chi connectivity index (χ0n) is 17.3. The monoisotopic (exact) mass is 392 g/mol. The largest absolute Gasteiger partial charge is 0.472 e. The topological polar surface area (TPSA) is 74.2 Å². The molecule has 0 aliphatic carbocycles. The van der Waals surface area contributed by atoms with Crippen LogP contribution in [0.25, 0.3) is 0 Å². The average Bonchev–Trinajstić information content (AvgIpc) is 2.98. The van der Waals surface area contributed by atoms with Crippen LogP contribution in [-0.2, 0) is 23.1 Å². The number of ether oxygens (including phenoxy) is 2. The van der Waals surface area contributed by atoms with E-state index >= 15 is 0 Å². The minimum absolute atomic E-state index is 0.0213. The highest BCUT2D eigenvalue weighted by molar-refractivity contribution is 7.47. The van der Waals surface area contributed by atoms with Gasteiger partial charge in [-0.1, -0.05) is 34.6 Å². The van der Waals surface area contributed by atoms with Crippen molar-refractivity contribution < 1.29 is 28.0 Å². The zero-order chi connectivity index (χ0) is 19.7. The van der Waals surface area contributed by atoms with Gasteiger partial charge in [0.15, 0.2) is 0 Å². The van der Waals surface area contributed by atoms with Crippen LogP contribution in [0.15, 0.2) is 0 Å². The van der Waals surface area contributed by atoms with Gasteiger partial charge in [0.2, 0.25) is 0 Å². The number of hydrogen-bond donors (Lipinski definition) is 1. The summed E-state index contributed by atoms with van der Waals surface area (Å²) >= 11 is 0. The maximum atomic E-state index is 12.5. The van der Waals surface area contributed by atoms with Gasteiger partial charge < -0.3 is 14.4 Å². The van der Waals surface area contributed by atoms with Gasteiger partial charge in [0.25, 0.3) is 0 Å². The second kappa shape index (κ2) is 8.59. The summed E-state index contributed by atoms with van der Waals surface area (Å²) in [4.78, 5) is 10.2. The van der Waals surface area contributed by atoms with Crippen LogP contribution >= 0.6 is 7.82 Å². The van der Waals surface area contributed by atoms with Crippen LogP contribution < -0.4 is 0 Å². The molecule has 0 aromatic rings. The van der Waals surface area contributed by atoms with Gasteiger partial charge in [-0.25, -0.2) is 4.57 Å². The zero-order valence-corrected chi connectivity index (χ0v) is 18.2. The molecule has 154 valence electrons. The van der Waals surface area contributed by atoms with Gasteiger partial charge in [0.05, 0.1) is 37.1 Å². The van der Waals surface area contributed by atoms with Crippen LogP contribution in [-0.4, -0.2) is 42.0 Å². The van der Waals surface area contributed by atoms with Crippen molar-refractivity contribution in [3.05, 3.63) is 0 Å². The average molecular weight is 392 g/mol. The smallest absolute Gasteiger partial charge is 0.373 e. The summed E-state index contributed by atoms with van der Waals surface area (Å²) in [6, 6.07) is 0. The minimum Gasteiger partial charge on any atom is -0.373 e. The Hall–Kier alpha value is 0.0300. The second-order valence-electron chi connectivity index (χ2n) is 9.45. The van der Waals surface area contributed by atoms with Crippen molar-refractivity contribution in [2.24, 2.45) is 17.3 Å². The third kappa shape index (κ3) is 6.29. The summed E-state index contributed by atoms with van der Waals surface area (Å²) in [5, 5.41) is 0. The normalized spacial score (nSPS) is 38.0. The molecule has 1 N–H and O–H groups in total. The summed E-state index contributed by atoms with van der Waals surface area (Å²) < 4.78 is 35.1. The van der Waals surface area contributed by atoms with Crippen molar-refractivity contribution in [3.8, 4) is 0 Å². The van der Waals surface area contributed by atoms with Crippen LogP contribution in [0, 0.1) is 17.3 Å². The molecule has 7 heteroatoms. The SMILES string of the molecule is CC(C)C[C@H]1O[C@@H](C)C[C@H]1OP(=O)(O)OC[C@H]1O[C@@H](C)C[C@H]1C(C)(C)C. The molecular weight excluding hydrogens is 355 g/mol. The van der Waals surface area contributed by atoms with Crippen LogP contribution in [0.3, 0.4) is 0 Å². The fourth-order valence-corrected chi connectivity index (χ4v) is 5.06. The van der Waals surface area contributed by atoms with E-state index in [0.717, 1.165) is 12.8 Å². The first-order valence-corrected chi connectivity index (χ1v) is 11.3. The molecule has 7 atom stereocenters. The molecule has 0 radical (unpaired) electrons. The Morgan fingerprint density at radius 2 is 1.69 bits per heavy atom. The third-order valence-corrected chi connectivity index (χ3v) is 6.33. The molecule has 1 unspecified atom stereocenters. The molecule has 2 saturated heterocycles. The van der Waals surface area contributed by atoms with Gasteiger partial charge in [-0.2, -0.15) is 0 Å². The van der Waals surface area contributed by atoms with Gasteiger partial charge in [0, 0.05) is 6.42 Å². The molecule has 2 aliphatic rings. The van der Waals surface area contributed by atoms with Gasteiger partial charge in [0.1, 0.15) is 0 Å². The maximum Gasteiger partial charge on any atom is 0.472 e. The standard InChI is InChI=1S/C19H37O6P/c1-12(2)8-16-17(10-14(4)23-16)25-26(20,21)22-11-18-15(19(5,6)7)9-13(3)24-18/h12-18H,8-11H2,1-7H3,(H,20,21)/t13-,14-,15+,16+,17+,18+/m0/s1. The predicted octanol–water partition coefficient (Wildman–Crippen LogP) is 4.55. The molecule has 0 saturated carbocycles. The van der Waals surface area contributed by atoms with E-state index in [1.54, 1.807) is 0 Å². The van der Waals surface area contributed by atoms with Gasteiger partial charge >= 0.3 is 7.82 Å². The van der Waals surface area contributed by atoms with Crippen molar-refractivity contribution in [1.82, 2.24) is 0 Å². The molecule has 2 fully saturated rings. The van der Waals surface area contributed by atoms with E-state index in [4.69, 9.17) is 18.5 Å². The Morgan fingerprint density at radius 3 is 2.27 bits per heavy atom. The first-order valence-electron chi connectivity index (χ1n) is 9.84. The second-order valence-corrected chi connectivity index (χ2v) is 10.9. The molecule has 2 rings (SSSR count). The highest BCUT2D eigenvalue weighted by Crippen LogP contribution is 2.49. The van der Waals surface area contributed by atoms with E-state index in [9.17, 15) is 9.46 Å². The molecule has 0 bridgehead atoms.